The Balaban J connectivity index is 1.85. The van der Waals surface area contributed by atoms with E-state index in [9.17, 15) is 14.4 Å². The van der Waals surface area contributed by atoms with Gasteiger partial charge < -0.3 is 10.6 Å². The van der Waals surface area contributed by atoms with Crippen molar-refractivity contribution < 1.29 is 9.18 Å². The first kappa shape index (κ1) is 14.3. The van der Waals surface area contributed by atoms with Gasteiger partial charge in [-0.05, 0) is 37.1 Å². The van der Waals surface area contributed by atoms with Crippen molar-refractivity contribution in [2.45, 2.75) is 37.6 Å². The van der Waals surface area contributed by atoms with E-state index in [2.05, 4.69) is 16.7 Å². The first-order valence-electron chi connectivity index (χ1n) is 6.85. The summed E-state index contributed by atoms with van der Waals surface area (Å²) in [4.78, 5) is 11.9. The zero-order valence-electron chi connectivity index (χ0n) is 11.3. The van der Waals surface area contributed by atoms with Crippen LogP contribution < -0.4 is 10.6 Å². The van der Waals surface area contributed by atoms with Gasteiger partial charge in [0.2, 0.25) is 5.91 Å². The molecule has 4 nitrogen and oxygen atoms in total. The third-order valence-electron chi connectivity index (χ3n) is 3.60. The van der Waals surface area contributed by atoms with Crippen molar-refractivity contribution in [3.05, 3.63) is 30.1 Å². The number of nitrogens with one attached hydrogen (secondary N) is 2. The molecule has 0 bridgehead atoms. The Bertz CT molecular complexity index is 501. The van der Waals surface area contributed by atoms with Crippen molar-refractivity contribution in [2.75, 3.05) is 11.9 Å². The molecule has 1 aliphatic carbocycles. The molecule has 106 valence electrons. The monoisotopic (exact) mass is 275 g/mol. The zero-order valence-corrected chi connectivity index (χ0v) is 11.3. The summed E-state index contributed by atoms with van der Waals surface area (Å²) < 4.78 is 12.7. The van der Waals surface area contributed by atoms with E-state index < -0.39 is 5.54 Å². The molecule has 2 rings (SSSR count). The lowest BCUT2D eigenvalue weighted by Crippen LogP contribution is -2.50. The molecular formula is C15H18FN3O. The van der Waals surface area contributed by atoms with Gasteiger partial charge in [0.15, 0.2) is 0 Å². The first-order chi connectivity index (χ1) is 9.63. The van der Waals surface area contributed by atoms with Gasteiger partial charge in [-0.3, -0.25) is 4.79 Å². The quantitative estimate of drug-likeness (QED) is 0.887. The summed E-state index contributed by atoms with van der Waals surface area (Å²) in [6.07, 6.45) is 4.49. The van der Waals surface area contributed by atoms with Gasteiger partial charge in [-0.2, -0.15) is 5.26 Å². The number of hydrogen-bond acceptors (Lipinski definition) is 3. The van der Waals surface area contributed by atoms with Crippen molar-refractivity contribution in [3.63, 3.8) is 0 Å². The molecule has 2 N–H and O–H groups in total. The van der Waals surface area contributed by atoms with Gasteiger partial charge in [0, 0.05) is 5.69 Å². The lowest BCUT2D eigenvalue weighted by atomic mass is 9.83. The van der Waals surface area contributed by atoms with Crippen molar-refractivity contribution >= 4 is 11.6 Å². The molecule has 1 aromatic rings. The largest absolute Gasteiger partial charge is 0.376 e. The SMILES string of the molecule is N#CC1(NC(=O)CNc2ccc(F)cc2)CCCCC1. The standard InChI is InChI=1S/C15H18FN3O/c16-12-4-6-13(7-5-12)18-10-14(20)19-15(11-17)8-2-1-3-9-15/h4-7,18H,1-3,8-10H2,(H,19,20). The van der Waals surface area contributed by atoms with Gasteiger partial charge >= 0.3 is 0 Å². The van der Waals surface area contributed by atoms with Crippen LogP contribution in [0.4, 0.5) is 10.1 Å². The van der Waals surface area contributed by atoms with Gasteiger partial charge in [-0.15, -0.1) is 0 Å². The van der Waals surface area contributed by atoms with Gasteiger partial charge in [0.05, 0.1) is 12.6 Å². The minimum absolute atomic E-state index is 0.0784. The summed E-state index contributed by atoms with van der Waals surface area (Å²) in [6, 6.07) is 8.05. The lowest BCUT2D eigenvalue weighted by Gasteiger charge is -2.31. The number of carbonyl (C=O) groups is 1. The van der Waals surface area contributed by atoms with Crippen LogP contribution in [0.15, 0.2) is 24.3 Å². The van der Waals surface area contributed by atoms with Gasteiger partial charge in [-0.25, -0.2) is 4.39 Å². The topological polar surface area (TPSA) is 64.9 Å². The number of halogens is 1. The fourth-order valence-corrected chi connectivity index (χ4v) is 2.48. The molecular weight excluding hydrogens is 257 g/mol. The van der Waals surface area contributed by atoms with Crippen LogP contribution in [0.2, 0.25) is 0 Å². The fraction of sp³-hybridized carbons (Fsp3) is 0.467. The number of hydrogen-bond donors (Lipinski definition) is 2. The van der Waals surface area contributed by atoms with Crippen LogP contribution in [0.5, 0.6) is 0 Å². The smallest absolute Gasteiger partial charge is 0.240 e. The number of nitrogens with zero attached hydrogens (tertiary/aromatic N) is 1. The van der Waals surface area contributed by atoms with E-state index in [4.69, 9.17) is 0 Å². The highest BCUT2D eigenvalue weighted by atomic mass is 19.1. The van der Waals surface area contributed by atoms with Crippen LogP contribution in [-0.2, 0) is 4.79 Å². The Hall–Kier alpha value is -2.09. The number of amides is 1. The summed E-state index contributed by atoms with van der Waals surface area (Å²) in [5.41, 5.74) is -0.0315. The number of nitriles is 1. The molecule has 1 aliphatic rings. The Labute approximate surface area is 118 Å². The van der Waals surface area contributed by atoms with Gasteiger partial charge in [0.25, 0.3) is 0 Å². The van der Waals surface area contributed by atoms with E-state index in [0.717, 1.165) is 19.3 Å². The highest BCUT2D eigenvalue weighted by Crippen LogP contribution is 2.27. The fourth-order valence-electron chi connectivity index (χ4n) is 2.48. The van der Waals surface area contributed by atoms with Crippen molar-refractivity contribution in [3.8, 4) is 6.07 Å². The summed E-state index contributed by atoms with van der Waals surface area (Å²) in [5.74, 6) is -0.525. The molecule has 0 aromatic heterocycles. The minimum atomic E-state index is -0.709. The Morgan fingerprint density at radius 2 is 1.90 bits per heavy atom. The summed E-state index contributed by atoms with van der Waals surface area (Å²) >= 11 is 0. The van der Waals surface area contributed by atoms with Crippen LogP contribution in [0.1, 0.15) is 32.1 Å². The van der Waals surface area contributed by atoms with E-state index in [1.54, 1.807) is 12.1 Å². The molecule has 5 heteroatoms. The predicted octanol–water partition coefficient (Wildman–Crippen LogP) is 2.58. The van der Waals surface area contributed by atoms with Crippen molar-refractivity contribution in [1.82, 2.24) is 5.32 Å². The Kier molecular flexibility index (Phi) is 4.57. The molecule has 0 radical (unpaired) electrons. The van der Waals surface area contributed by atoms with E-state index in [1.807, 2.05) is 0 Å². The van der Waals surface area contributed by atoms with Crippen LogP contribution in [0.25, 0.3) is 0 Å². The van der Waals surface area contributed by atoms with E-state index in [1.165, 1.54) is 12.1 Å². The molecule has 0 spiro atoms. The summed E-state index contributed by atoms with van der Waals surface area (Å²) in [5, 5.41) is 15.0. The predicted molar refractivity (Wildman–Crippen MR) is 74.5 cm³/mol. The molecule has 1 amide bonds. The number of carbonyl (C=O) groups excluding carboxylic acids is 1. The van der Waals surface area contributed by atoms with Gasteiger partial charge in [0.1, 0.15) is 11.4 Å². The second-order valence-electron chi connectivity index (χ2n) is 5.16. The average molecular weight is 275 g/mol. The molecule has 20 heavy (non-hydrogen) atoms. The summed E-state index contributed by atoms with van der Waals surface area (Å²) in [6.45, 7) is 0.0784. The zero-order chi connectivity index (χ0) is 14.4. The highest BCUT2D eigenvalue weighted by Gasteiger charge is 2.33. The van der Waals surface area contributed by atoms with Crippen molar-refractivity contribution in [1.29, 1.82) is 5.26 Å². The maximum absolute atomic E-state index is 12.7. The maximum Gasteiger partial charge on any atom is 0.240 e. The van der Waals surface area contributed by atoms with Crippen molar-refractivity contribution in [2.24, 2.45) is 0 Å². The maximum atomic E-state index is 12.7. The first-order valence-corrected chi connectivity index (χ1v) is 6.85. The van der Waals surface area contributed by atoms with E-state index >= 15 is 0 Å². The lowest BCUT2D eigenvalue weighted by molar-refractivity contribution is -0.121. The average Bonchev–Trinajstić information content (AvgIpc) is 2.47. The van der Waals surface area contributed by atoms with Crippen LogP contribution in [0.3, 0.4) is 0 Å². The van der Waals surface area contributed by atoms with Gasteiger partial charge in [-0.1, -0.05) is 19.3 Å². The Morgan fingerprint density at radius 1 is 1.25 bits per heavy atom. The second kappa shape index (κ2) is 6.38. The highest BCUT2D eigenvalue weighted by molar-refractivity contribution is 5.81. The molecule has 1 fully saturated rings. The molecule has 1 saturated carbocycles. The molecule has 0 saturated heterocycles. The molecule has 0 aliphatic heterocycles. The minimum Gasteiger partial charge on any atom is -0.376 e. The second-order valence-corrected chi connectivity index (χ2v) is 5.16. The van der Waals surface area contributed by atoms with Crippen LogP contribution >= 0.6 is 0 Å². The molecule has 0 heterocycles. The summed E-state index contributed by atoms with van der Waals surface area (Å²) in [7, 11) is 0. The molecule has 1 aromatic carbocycles. The normalized spacial score (nSPS) is 17.0. The number of benzene rings is 1. The number of rotatable bonds is 4. The van der Waals surface area contributed by atoms with Crippen LogP contribution in [0, 0.1) is 17.1 Å². The van der Waals surface area contributed by atoms with E-state index in [0.29, 0.717) is 18.5 Å². The number of anilines is 1. The van der Waals surface area contributed by atoms with Crippen LogP contribution in [-0.4, -0.2) is 18.0 Å². The van der Waals surface area contributed by atoms with E-state index in [-0.39, 0.29) is 18.3 Å². The molecule has 0 atom stereocenters. The molecule has 0 unspecified atom stereocenters. The third-order valence-corrected chi connectivity index (χ3v) is 3.60. The third kappa shape index (κ3) is 3.70. The Morgan fingerprint density at radius 3 is 2.50 bits per heavy atom.